The third kappa shape index (κ3) is 6.86. The minimum absolute atomic E-state index is 0.0614. The minimum atomic E-state index is -0.432. The zero-order valence-electron chi connectivity index (χ0n) is 15.6. The van der Waals surface area contributed by atoms with Crippen LogP contribution in [0.1, 0.15) is 37.5 Å². The fourth-order valence-corrected chi connectivity index (χ4v) is 3.04. The number of rotatable bonds is 7. The number of nitrogens with zero attached hydrogens (tertiary/aromatic N) is 2. The molecule has 0 bridgehead atoms. The second-order valence-electron chi connectivity index (χ2n) is 7.08. The lowest BCUT2D eigenvalue weighted by Crippen LogP contribution is -2.19. The van der Waals surface area contributed by atoms with Gasteiger partial charge < -0.3 is 0 Å². The molecular formula is C20H23N3O3S. The largest absolute Gasteiger partial charge is 0.272 e. The maximum Gasteiger partial charge on any atom is 0.269 e. The van der Waals surface area contributed by atoms with Gasteiger partial charge in [-0.3, -0.25) is 14.9 Å². The van der Waals surface area contributed by atoms with Crippen molar-refractivity contribution >= 4 is 29.6 Å². The van der Waals surface area contributed by atoms with Gasteiger partial charge in [0.1, 0.15) is 0 Å². The lowest BCUT2D eigenvalue weighted by molar-refractivity contribution is -0.384. The number of nitro groups is 1. The number of nitrogens with one attached hydrogen (secondary N) is 1. The Balaban J connectivity index is 1.74. The number of non-ortho nitro benzene ring substituents is 1. The molecular weight excluding hydrogens is 362 g/mol. The van der Waals surface area contributed by atoms with Crippen molar-refractivity contribution in [3.8, 4) is 0 Å². The Morgan fingerprint density at radius 3 is 2.33 bits per heavy atom. The van der Waals surface area contributed by atoms with Gasteiger partial charge in [-0.2, -0.15) is 5.10 Å². The molecule has 0 atom stereocenters. The maximum atomic E-state index is 11.8. The second-order valence-corrected chi connectivity index (χ2v) is 8.07. The molecule has 0 unspecified atom stereocenters. The van der Waals surface area contributed by atoms with E-state index in [0.717, 1.165) is 11.1 Å². The molecule has 2 rings (SSSR count). The molecule has 6 nitrogen and oxygen atoms in total. The molecule has 1 N–H and O–H groups in total. The van der Waals surface area contributed by atoms with Crippen LogP contribution < -0.4 is 5.43 Å². The van der Waals surface area contributed by atoms with Crippen molar-refractivity contribution in [2.24, 2.45) is 5.10 Å². The van der Waals surface area contributed by atoms with Crippen molar-refractivity contribution in [3.63, 3.8) is 0 Å². The van der Waals surface area contributed by atoms with Crippen molar-refractivity contribution in [1.82, 2.24) is 5.43 Å². The third-order valence-corrected chi connectivity index (χ3v) is 4.83. The molecule has 142 valence electrons. The Hall–Kier alpha value is -2.67. The number of hydrogen-bond acceptors (Lipinski definition) is 5. The predicted octanol–water partition coefficient (Wildman–Crippen LogP) is 4.28. The molecule has 0 aliphatic heterocycles. The lowest BCUT2D eigenvalue weighted by Gasteiger charge is -2.18. The molecule has 2 aromatic rings. The van der Waals surface area contributed by atoms with Crippen LogP contribution in [0.4, 0.5) is 5.69 Å². The SMILES string of the molecule is CC(C)(C)c1ccc(/C=N\NC(=O)CSCc2ccc([N+](=O)[O-])cc2)cc1. The van der Waals surface area contributed by atoms with Crippen LogP contribution in [0.15, 0.2) is 53.6 Å². The van der Waals surface area contributed by atoms with Gasteiger partial charge in [-0.15, -0.1) is 11.8 Å². The van der Waals surface area contributed by atoms with Crippen LogP contribution in [-0.4, -0.2) is 22.8 Å². The highest BCUT2D eigenvalue weighted by Gasteiger charge is 2.12. The monoisotopic (exact) mass is 385 g/mol. The van der Waals surface area contributed by atoms with Crippen molar-refractivity contribution in [3.05, 3.63) is 75.3 Å². The first-order chi connectivity index (χ1) is 12.8. The van der Waals surface area contributed by atoms with Crippen LogP contribution >= 0.6 is 11.8 Å². The summed E-state index contributed by atoms with van der Waals surface area (Å²) in [5, 5.41) is 14.6. The minimum Gasteiger partial charge on any atom is -0.272 e. The van der Waals surface area contributed by atoms with Crippen LogP contribution in [0.3, 0.4) is 0 Å². The van der Waals surface area contributed by atoms with Crippen molar-refractivity contribution in [2.75, 3.05) is 5.75 Å². The number of benzene rings is 2. The average Bonchev–Trinajstić information content (AvgIpc) is 2.62. The molecule has 0 saturated carbocycles. The van der Waals surface area contributed by atoms with Crippen molar-refractivity contribution < 1.29 is 9.72 Å². The molecule has 0 aromatic heterocycles. The highest BCUT2D eigenvalue weighted by molar-refractivity contribution is 7.99. The molecule has 0 fully saturated rings. The Morgan fingerprint density at radius 1 is 1.15 bits per heavy atom. The number of carbonyl (C=O) groups excluding carboxylic acids is 1. The number of hydrogen-bond donors (Lipinski definition) is 1. The number of hydrazone groups is 1. The lowest BCUT2D eigenvalue weighted by atomic mass is 9.87. The van der Waals surface area contributed by atoms with Crippen LogP contribution in [0.5, 0.6) is 0 Å². The van der Waals surface area contributed by atoms with Gasteiger partial charge in [0.05, 0.1) is 16.9 Å². The van der Waals surface area contributed by atoms with Gasteiger partial charge in [0.25, 0.3) is 5.69 Å². The molecule has 0 aliphatic carbocycles. The number of carbonyl (C=O) groups is 1. The fraction of sp³-hybridized carbons (Fsp3) is 0.300. The van der Waals surface area contributed by atoms with Gasteiger partial charge in [0, 0.05) is 17.9 Å². The zero-order valence-corrected chi connectivity index (χ0v) is 16.5. The first-order valence-electron chi connectivity index (χ1n) is 8.49. The molecule has 0 heterocycles. The van der Waals surface area contributed by atoms with Gasteiger partial charge in [-0.05, 0) is 22.1 Å². The zero-order chi connectivity index (χ0) is 19.9. The van der Waals surface area contributed by atoms with E-state index < -0.39 is 4.92 Å². The first-order valence-corrected chi connectivity index (χ1v) is 9.65. The molecule has 27 heavy (non-hydrogen) atoms. The standard InChI is InChI=1S/C20H23N3O3S/c1-20(2,3)17-8-4-15(5-9-17)12-21-22-19(24)14-27-13-16-6-10-18(11-7-16)23(25)26/h4-12H,13-14H2,1-3H3,(H,22,24)/b21-12-. The van der Waals surface area contributed by atoms with Gasteiger partial charge in [0.15, 0.2) is 0 Å². The summed E-state index contributed by atoms with van der Waals surface area (Å²) in [6.45, 7) is 6.47. The molecule has 7 heteroatoms. The van der Waals surface area contributed by atoms with E-state index in [4.69, 9.17) is 0 Å². The second kappa shape index (κ2) is 9.32. The van der Waals surface area contributed by atoms with Crippen LogP contribution in [0.25, 0.3) is 0 Å². The summed E-state index contributed by atoms with van der Waals surface area (Å²) in [5.41, 5.74) is 5.76. The quantitative estimate of drug-likeness (QED) is 0.438. The highest BCUT2D eigenvalue weighted by atomic mass is 32.2. The molecule has 0 radical (unpaired) electrons. The summed E-state index contributed by atoms with van der Waals surface area (Å²) >= 11 is 1.42. The van der Waals surface area contributed by atoms with Gasteiger partial charge in [0.2, 0.25) is 5.91 Å². The third-order valence-electron chi connectivity index (χ3n) is 3.83. The number of amides is 1. The molecule has 0 spiro atoms. The van der Waals surface area contributed by atoms with E-state index in [2.05, 4.69) is 43.4 Å². The van der Waals surface area contributed by atoms with Crippen LogP contribution in [0.2, 0.25) is 0 Å². The van der Waals surface area contributed by atoms with Crippen molar-refractivity contribution in [1.29, 1.82) is 0 Å². The Morgan fingerprint density at radius 2 is 1.78 bits per heavy atom. The van der Waals surface area contributed by atoms with E-state index in [9.17, 15) is 14.9 Å². The summed E-state index contributed by atoms with van der Waals surface area (Å²) in [6, 6.07) is 14.4. The number of thioether (sulfide) groups is 1. The Bertz CT molecular complexity index is 810. The van der Waals surface area contributed by atoms with Crippen LogP contribution in [0, 0.1) is 10.1 Å². The average molecular weight is 385 g/mol. The summed E-state index contributed by atoms with van der Waals surface area (Å²) in [7, 11) is 0. The Labute approximate surface area is 163 Å². The summed E-state index contributed by atoms with van der Waals surface area (Å²) in [5.74, 6) is 0.671. The van der Waals surface area contributed by atoms with Crippen molar-refractivity contribution in [2.45, 2.75) is 31.9 Å². The molecule has 0 saturated heterocycles. The number of nitro benzene ring substituents is 1. The predicted molar refractivity (Wildman–Crippen MR) is 110 cm³/mol. The van der Waals surface area contributed by atoms with E-state index in [0.29, 0.717) is 5.75 Å². The summed E-state index contributed by atoms with van der Waals surface area (Å²) < 4.78 is 0. The summed E-state index contributed by atoms with van der Waals surface area (Å²) in [6.07, 6.45) is 1.62. The Kier molecular flexibility index (Phi) is 7.12. The van der Waals surface area contributed by atoms with E-state index >= 15 is 0 Å². The van der Waals surface area contributed by atoms with E-state index in [-0.39, 0.29) is 22.8 Å². The highest BCUT2D eigenvalue weighted by Crippen LogP contribution is 2.21. The molecule has 0 aliphatic rings. The molecule has 1 amide bonds. The van der Waals surface area contributed by atoms with Gasteiger partial charge in [-0.25, -0.2) is 5.43 Å². The molecule has 2 aromatic carbocycles. The first kappa shape index (κ1) is 20.6. The van der Waals surface area contributed by atoms with Crippen LogP contribution in [-0.2, 0) is 16.0 Å². The smallest absolute Gasteiger partial charge is 0.269 e. The van der Waals surface area contributed by atoms with E-state index in [1.165, 1.54) is 29.5 Å². The maximum absolute atomic E-state index is 11.8. The normalized spacial score (nSPS) is 11.5. The van der Waals surface area contributed by atoms with Gasteiger partial charge >= 0.3 is 0 Å². The van der Waals surface area contributed by atoms with E-state index in [1.54, 1.807) is 18.3 Å². The summed E-state index contributed by atoms with van der Waals surface area (Å²) in [4.78, 5) is 22.0. The fourth-order valence-electron chi connectivity index (χ4n) is 2.26. The van der Waals surface area contributed by atoms with E-state index in [1.807, 2.05) is 12.1 Å². The topological polar surface area (TPSA) is 84.6 Å². The van der Waals surface area contributed by atoms with Gasteiger partial charge in [-0.1, -0.05) is 57.2 Å².